The fraction of sp³-hybridized carbons (Fsp3) is 0.333. The van der Waals surface area contributed by atoms with Crippen molar-refractivity contribution >= 4 is 23.3 Å². The monoisotopic (exact) mass is 268 g/mol. The summed E-state index contributed by atoms with van der Waals surface area (Å²) in [7, 11) is 1.45. The van der Waals surface area contributed by atoms with Crippen molar-refractivity contribution in [3.05, 3.63) is 22.8 Å². The summed E-state index contributed by atoms with van der Waals surface area (Å²) in [6.07, 6.45) is -3.68. The highest BCUT2D eigenvalue weighted by molar-refractivity contribution is 6.32. The van der Waals surface area contributed by atoms with E-state index < -0.39 is 11.7 Å². The molecule has 0 aromatic carbocycles. The Balaban J connectivity index is 2.80. The minimum absolute atomic E-state index is 0.0852. The Kier molecular flexibility index (Phi) is 4.17. The van der Waals surface area contributed by atoms with E-state index in [0.29, 0.717) is 0 Å². The molecule has 4 nitrogen and oxygen atoms in total. The Labute approximate surface area is 100 Å². The van der Waals surface area contributed by atoms with Crippen LogP contribution in [0.3, 0.4) is 0 Å². The van der Waals surface area contributed by atoms with E-state index >= 15 is 0 Å². The first-order valence-corrected chi connectivity index (χ1v) is 4.95. The molecule has 8 heteroatoms. The van der Waals surface area contributed by atoms with Crippen molar-refractivity contribution in [3.8, 4) is 0 Å². The van der Waals surface area contributed by atoms with E-state index in [1.807, 2.05) is 0 Å². The number of aromatic amines is 1. The quantitative estimate of drug-likeness (QED) is 0.869. The third-order valence-corrected chi connectivity index (χ3v) is 2.22. The van der Waals surface area contributed by atoms with Crippen molar-refractivity contribution in [1.82, 2.24) is 5.32 Å². The minimum atomic E-state index is -4.46. The molecule has 0 aliphatic rings. The Bertz CT molecular complexity index is 422. The number of rotatable bonds is 3. The Morgan fingerprint density at radius 1 is 1.53 bits per heavy atom. The van der Waals surface area contributed by atoms with Gasteiger partial charge in [0.25, 0.3) is 11.7 Å². The highest BCUT2D eigenvalue weighted by atomic mass is 35.5. The van der Waals surface area contributed by atoms with Gasteiger partial charge in [-0.25, -0.2) is 4.98 Å². The van der Waals surface area contributed by atoms with Crippen LogP contribution in [0.5, 0.6) is 0 Å². The Hall–Kier alpha value is -1.50. The van der Waals surface area contributed by atoms with Gasteiger partial charge in [-0.1, -0.05) is 11.6 Å². The number of likely N-dealkylation sites (N-methyl/N-ethyl adjacent to an activating group) is 1. The molecular formula is C9H10ClF3N3O+. The minimum Gasteiger partial charge on any atom is -0.356 e. The molecule has 1 aromatic rings. The second kappa shape index (κ2) is 5.22. The summed E-state index contributed by atoms with van der Waals surface area (Å²) in [4.78, 5) is 13.3. The lowest BCUT2D eigenvalue weighted by molar-refractivity contribution is -0.364. The van der Waals surface area contributed by atoms with Crippen LogP contribution in [0.2, 0.25) is 5.02 Å². The van der Waals surface area contributed by atoms with Gasteiger partial charge in [0.15, 0.2) is 6.54 Å². The van der Waals surface area contributed by atoms with Crippen LogP contribution < -0.4 is 15.6 Å². The highest BCUT2D eigenvalue weighted by Gasteiger charge is 2.32. The number of carbonyl (C=O) groups excluding carboxylic acids is 1. The van der Waals surface area contributed by atoms with E-state index in [2.05, 4.69) is 15.6 Å². The number of halogens is 4. The van der Waals surface area contributed by atoms with Crippen LogP contribution in [-0.2, 0) is 11.0 Å². The van der Waals surface area contributed by atoms with E-state index in [-0.39, 0.29) is 23.3 Å². The topological polar surface area (TPSA) is 55.3 Å². The maximum absolute atomic E-state index is 12.3. The smallest absolute Gasteiger partial charge is 0.356 e. The third-order valence-electron chi connectivity index (χ3n) is 1.92. The van der Waals surface area contributed by atoms with E-state index in [1.165, 1.54) is 7.05 Å². The van der Waals surface area contributed by atoms with Crippen molar-refractivity contribution < 1.29 is 22.9 Å². The zero-order valence-corrected chi connectivity index (χ0v) is 9.54. The summed E-state index contributed by atoms with van der Waals surface area (Å²) in [6, 6.07) is 0.782. The number of hydrogen-bond donors (Lipinski definition) is 2. The van der Waals surface area contributed by atoms with E-state index in [0.717, 1.165) is 12.3 Å². The maximum Gasteiger partial charge on any atom is 0.419 e. The van der Waals surface area contributed by atoms with Gasteiger partial charge in [0.2, 0.25) is 0 Å². The van der Waals surface area contributed by atoms with Crippen LogP contribution in [-0.4, -0.2) is 19.5 Å². The summed E-state index contributed by atoms with van der Waals surface area (Å²) in [5, 5.41) is 4.79. The summed E-state index contributed by atoms with van der Waals surface area (Å²) in [5.41, 5.74) is -0.881. The number of aromatic nitrogens is 1. The van der Waals surface area contributed by atoms with Crippen LogP contribution in [0, 0.1) is 0 Å². The molecule has 0 bridgehead atoms. The molecule has 94 valence electrons. The number of hydrogen-bond acceptors (Lipinski definition) is 2. The predicted octanol–water partition coefficient (Wildman–Crippen LogP) is 1.33. The number of alkyl halides is 3. The molecule has 3 N–H and O–H groups in total. The number of H-pyrrole nitrogens is 1. The normalized spacial score (nSPS) is 11.1. The number of pyridine rings is 1. The number of anilines is 1. The largest absolute Gasteiger partial charge is 0.419 e. The SMILES string of the molecule is CNC(=O)CNc1[nH+]cc(C(F)(F)F)cc1Cl. The first-order chi connectivity index (χ1) is 7.84. The van der Waals surface area contributed by atoms with Crippen LogP contribution in [0.25, 0.3) is 0 Å². The molecule has 0 saturated carbocycles. The third kappa shape index (κ3) is 3.77. The molecule has 0 aliphatic heterocycles. The van der Waals surface area contributed by atoms with Gasteiger partial charge in [0.1, 0.15) is 11.2 Å². The molecule has 1 heterocycles. The zero-order chi connectivity index (χ0) is 13.1. The zero-order valence-electron chi connectivity index (χ0n) is 8.78. The average molecular weight is 269 g/mol. The van der Waals surface area contributed by atoms with Gasteiger partial charge in [-0.3, -0.25) is 10.1 Å². The molecule has 0 atom stereocenters. The Morgan fingerprint density at radius 3 is 2.65 bits per heavy atom. The van der Waals surface area contributed by atoms with Gasteiger partial charge < -0.3 is 5.32 Å². The van der Waals surface area contributed by atoms with Crippen molar-refractivity contribution in [3.63, 3.8) is 0 Å². The molecule has 0 aliphatic carbocycles. The second-order valence-electron chi connectivity index (χ2n) is 3.14. The summed E-state index contributed by atoms with van der Waals surface area (Å²) >= 11 is 5.64. The predicted molar refractivity (Wildman–Crippen MR) is 55.6 cm³/mol. The average Bonchev–Trinajstić information content (AvgIpc) is 2.25. The first kappa shape index (κ1) is 13.6. The molecule has 1 aromatic heterocycles. The van der Waals surface area contributed by atoms with Gasteiger partial charge in [-0.15, -0.1) is 0 Å². The summed E-state index contributed by atoms with van der Waals surface area (Å²) in [5.74, 6) is -0.155. The van der Waals surface area contributed by atoms with Crippen molar-refractivity contribution in [2.45, 2.75) is 6.18 Å². The van der Waals surface area contributed by atoms with Gasteiger partial charge in [0.05, 0.1) is 5.56 Å². The van der Waals surface area contributed by atoms with Gasteiger partial charge in [0, 0.05) is 7.05 Å². The molecule has 0 saturated heterocycles. The second-order valence-corrected chi connectivity index (χ2v) is 3.54. The molecule has 1 rings (SSSR count). The molecule has 17 heavy (non-hydrogen) atoms. The maximum atomic E-state index is 12.3. The molecule has 1 amide bonds. The van der Waals surface area contributed by atoms with Crippen molar-refractivity contribution in [2.75, 3.05) is 18.9 Å². The number of nitrogens with one attached hydrogen (secondary N) is 3. The lowest BCUT2D eigenvalue weighted by atomic mass is 10.3. The number of carbonyl (C=O) groups is 1. The molecule has 0 unspecified atom stereocenters. The molecule has 0 spiro atoms. The van der Waals surface area contributed by atoms with Crippen molar-refractivity contribution in [2.24, 2.45) is 0 Å². The molecular weight excluding hydrogens is 259 g/mol. The van der Waals surface area contributed by atoms with Gasteiger partial charge >= 0.3 is 6.18 Å². The fourth-order valence-corrected chi connectivity index (χ4v) is 1.26. The highest BCUT2D eigenvalue weighted by Crippen LogP contribution is 2.30. The van der Waals surface area contributed by atoms with Gasteiger partial charge in [-0.05, 0) is 6.07 Å². The number of amides is 1. The standard InChI is InChI=1S/C9H9ClF3N3O/c1-14-7(17)4-16-8-6(10)2-5(3-15-8)9(11,12)13/h2-3H,4H2,1H3,(H,14,17)(H,15,16)/p+1. The van der Waals surface area contributed by atoms with Crippen LogP contribution in [0.4, 0.5) is 19.0 Å². The van der Waals surface area contributed by atoms with Crippen molar-refractivity contribution in [1.29, 1.82) is 0 Å². The first-order valence-electron chi connectivity index (χ1n) is 4.57. The molecule has 0 radical (unpaired) electrons. The lowest BCUT2D eigenvalue weighted by Gasteiger charge is -2.06. The van der Waals surface area contributed by atoms with E-state index in [4.69, 9.17) is 11.6 Å². The fourth-order valence-electron chi connectivity index (χ4n) is 1.03. The van der Waals surface area contributed by atoms with Crippen LogP contribution in [0.1, 0.15) is 5.56 Å². The summed E-state index contributed by atoms with van der Waals surface area (Å²) < 4.78 is 36.9. The van der Waals surface area contributed by atoms with Crippen LogP contribution in [0.15, 0.2) is 12.3 Å². The van der Waals surface area contributed by atoms with Gasteiger partial charge in [-0.2, -0.15) is 13.2 Å². The Morgan fingerprint density at radius 2 is 2.18 bits per heavy atom. The van der Waals surface area contributed by atoms with Crippen LogP contribution >= 0.6 is 11.6 Å². The molecule has 0 fully saturated rings. The lowest BCUT2D eigenvalue weighted by Crippen LogP contribution is -2.28. The summed E-state index contributed by atoms with van der Waals surface area (Å²) in [6.45, 7) is -0.0852. The van der Waals surface area contributed by atoms with E-state index in [1.54, 1.807) is 0 Å². The van der Waals surface area contributed by atoms with E-state index in [9.17, 15) is 18.0 Å².